The zero-order chi connectivity index (χ0) is 11.5. The van der Waals surface area contributed by atoms with E-state index in [1.54, 1.807) is 6.92 Å². The summed E-state index contributed by atoms with van der Waals surface area (Å²) in [5.41, 5.74) is 5.49. The molecule has 0 aliphatic heterocycles. The summed E-state index contributed by atoms with van der Waals surface area (Å²) in [5.74, 6) is 0.824. The standard InChI is InChI=1S/C10H15N5O/c1-6(10(16)14-7-2-3-7)13-9-5-12-4-8(11)15-9/h4-7H,2-3H2,1H3,(H,14,16)(H3,11,13,15). The third kappa shape index (κ3) is 2.82. The second kappa shape index (κ2) is 4.34. The van der Waals surface area contributed by atoms with Gasteiger partial charge < -0.3 is 16.4 Å². The first kappa shape index (κ1) is 10.7. The van der Waals surface area contributed by atoms with Crippen molar-refractivity contribution >= 4 is 17.5 Å². The summed E-state index contributed by atoms with van der Waals surface area (Å²) in [6.07, 6.45) is 5.16. The molecule has 86 valence electrons. The fourth-order valence-electron chi connectivity index (χ4n) is 1.29. The number of hydrogen-bond donors (Lipinski definition) is 3. The number of hydrogen-bond acceptors (Lipinski definition) is 5. The molecular weight excluding hydrogens is 206 g/mol. The fraction of sp³-hybridized carbons (Fsp3) is 0.500. The molecule has 2 rings (SSSR count). The van der Waals surface area contributed by atoms with Gasteiger partial charge in [-0.15, -0.1) is 0 Å². The van der Waals surface area contributed by atoms with Crippen LogP contribution in [0, 0.1) is 0 Å². The van der Waals surface area contributed by atoms with Gasteiger partial charge in [-0.05, 0) is 19.8 Å². The Bertz CT molecular complexity index is 391. The van der Waals surface area contributed by atoms with E-state index >= 15 is 0 Å². The van der Waals surface area contributed by atoms with Gasteiger partial charge in [0.25, 0.3) is 0 Å². The monoisotopic (exact) mass is 221 g/mol. The van der Waals surface area contributed by atoms with Gasteiger partial charge in [-0.25, -0.2) is 4.98 Å². The van der Waals surface area contributed by atoms with Crippen LogP contribution in [-0.4, -0.2) is 28.0 Å². The van der Waals surface area contributed by atoms with Gasteiger partial charge in [0.1, 0.15) is 17.7 Å². The molecule has 1 fully saturated rings. The van der Waals surface area contributed by atoms with Crippen molar-refractivity contribution in [3.63, 3.8) is 0 Å². The number of rotatable bonds is 4. The maximum Gasteiger partial charge on any atom is 0.242 e. The number of carbonyl (C=O) groups excluding carboxylic acids is 1. The summed E-state index contributed by atoms with van der Waals surface area (Å²) in [7, 11) is 0. The van der Waals surface area contributed by atoms with Crippen LogP contribution in [0.4, 0.5) is 11.6 Å². The smallest absolute Gasteiger partial charge is 0.242 e. The minimum atomic E-state index is -0.336. The van der Waals surface area contributed by atoms with Crippen LogP contribution >= 0.6 is 0 Å². The lowest BCUT2D eigenvalue weighted by atomic mass is 10.3. The van der Waals surface area contributed by atoms with E-state index in [0.29, 0.717) is 17.7 Å². The summed E-state index contributed by atoms with van der Waals surface area (Å²) in [6, 6.07) is 0.0281. The van der Waals surface area contributed by atoms with Crippen LogP contribution in [0.1, 0.15) is 19.8 Å². The predicted octanol–water partition coefficient (Wildman–Crippen LogP) is 0.138. The lowest BCUT2D eigenvalue weighted by Gasteiger charge is -2.13. The van der Waals surface area contributed by atoms with E-state index in [0.717, 1.165) is 12.8 Å². The maximum absolute atomic E-state index is 11.6. The van der Waals surface area contributed by atoms with E-state index in [1.807, 2.05) is 0 Å². The van der Waals surface area contributed by atoms with Crippen molar-refractivity contribution < 1.29 is 4.79 Å². The van der Waals surface area contributed by atoms with E-state index < -0.39 is 0 Å². The van der Waals surface area contributed by atoms with Gasteiger partial charge in [0.2, 0.25) is 5.91 Å². The third-order valence-corrected chi connectivity index (χ3v) is 2.33. The number of nitrogens with two attached hydrogens (primary N) is 1. The lowest BCUT2D eigenvalue weighted by molar-refractivity contribution is -0.121. The molecule has 6 heteroatoms. The van der Waals surface area contributed by atoms with Crippen LogP contribution in [0.3, 0.4) is 0 Å². The van der Waals surface area contributed by atoms with Gasteiger partial charge in [0.15, 0.2) is 0 Å². The Kier molecular flexibility index (Phi) is 2.89. The lowest BCUT2D eigenvalue weighted by Crippen LogP contribution is -2.38. The topological polar surface area (TPSA) is 92.9 Å². The average Bonchev–Trinajstić information content (AvgIpc) is 3.01. The first-order valence-corrected chi connectivity index (χ1v) is 5.29. The van der Waals surface area contributed by atoms with Crippen molar-refractivity contribution in [2.45, 2.75) is 31.8 Å². The molecule has 1 aliphatic rings. The van der Waals surface area contributed by atoms with Crippen molar-refractivity contribution in [2.75, 3.05) is 11.1 Å². The van der Waals surface area contributed by atoms with Crippen LogP contribution in [0.15, 0.2) is 12.4 Å². The Morgan fingerprint density at radius 1 is 1.56 bits per heavy atom. The van der Waals surface area contributed by atoms with E-state index in [9.17, 15) is 4.79 Å². The van der Waals surface area contributed by atoms with Gasteiger partial charge in [-0.2, -0.15) is 0 Å². The molecule has 1 unspecified atom stereocenters. The van der Waals surface area contributed by atoms with Crippen molar-refractivity contribution in [2.24, 2.45) is 0 Å². The van der Waals surface area contributed by atoms with Crippen LogP contribution < -0.4 is 16.4 Å². The molecule has 6 nitrogen and oxygen atoms in total. The first-order valence-electron chi connectivity index (χ1n) is 5.29. The van der Waals surface area contributed by atoms with Gasteiger partial charge in [0, 0.05) is 6.04 Å². The highest BCUT2D eigenvalue weighted by molar-refractivity contribution is 5.84. The maximum atomic E-state index is 11.6. The Balaban J connectivity index is 1.90. The zero-order valence-electron chi connectivity index (χ0n) is 9.10. The van der Waals surface area contributed by atoms with Crippen molar-refractivity contribution in [1.82, 2.24) is 15.3 Å². The molecule has 1 heterocycles. The summed E-state index contributed by atoms with van der Waals surface area (Å²) >= 11 is 0. The summed E-state index contributed by atoms with van der Waals surface area (Å²) in [4.78, 5) is 19.5. The molecule has 1 aliphatic carbocycles. The molecule has 1 aromatic heterocycles. The highest BCUT2D eigenvalue weighted by Gasteiger charge is 2.25. The van der Waals surface area contributed by atoms with Gasteiger partial charge >= 0.3 is 0 Å². The van der Waals surface area contributed by atoms with Crippen LogP contribution in [0.5, 0.6) is 0 Å². The molecule has 4 N–H and O–H groups in total. The molecule has 0 saturated heterocycles. The Morgan fingerprint density at radius 3 is 2.94 bits per heavy atom. The first-order chi connectivity index (χ1) is 7.65. The van der Waals surface area contributed by atoms with Crippen LogP contribution in [0.25, 0.3) is 0 Å². The molecule has 0 bridgehead atoms. The fourth-order valence-corrected chi connectivity index (χ4v) is 1.29. The third-order valence-electron chi connectivity index (χ3n) is 2.33. The van der Waals surface area contributed by atoms with Crippen molar-refractivity contribution in [3.05, 3.63) is 12.4 Å². The second-order valence-electron chi connectivity index (χ2n) is 3.98. The quantitative estimate of drug-likeness (QED) is 0.672. The minimum absolute atomic E-state index is 0.0216. The van der Waals surface area contributed by atoms with Crippen LogP contribution in [0.2, 0.25) is 0 Å². The van der Waals surface area contributed by atoms with Gasteiger partial charge in [0.05, 0.1) is 12.4 Å². The van der Waals surface area contributed by atoms with E-state index in [2.05, 4.69) is 20.6 Å². The van der Waals surface area contributed by atoms with E-state index in [-0.39, 0.29) is 11.9 Å². The number of aromatic nitrogens is 2. The highest BCUT2D eigenvalue weighted by Crippen LogP contribution is 2.18. The molecule has 16 heavy (non-hydrogen) atoms. The summed E-state index contributed by atoms with van der Waals surface area (Å²) in [5, 5.41) is 5.86. The molecular formula is C10H15N5O. The van der Waals surface area contributed by atoms with E-state index in [1.165, 1.54) is 12.4 Å². The Morgan fingerprint density at radius 2 is 2.31 bits per heavy atom. The number of nitrogen functional groups attached to an aromatic ring is 1. The number of nitrogens with one attached hydrogen (secondary N) is 2. The van der Waals surface area contributed by atoms with Crippen molar-refractivity contribution in [1.29, 1.82) is 0 Å². The highest BCUT2D eigenvalue weighted by atomic mass is 16.2. The molecule has 0 spiro atoms. The van der Waals surface area contributed by atoms with Gasteiger partial charge in [-0.1, -0.05) is 0 Å². The normalized spacial score (nSPS) is 16.6. The Hall–Kier alpha value is -1.85. The molecule has 0 radical (unpaired) electrons. The average molecular weight is 221 g/mol. The molecule has 1 aromatic rings. The van der Waals surface area contributed by atoms with E-state index in [4.69, 9.17) is 5.73 Å². The van der Waals surface area contributed by atoms with Crippen LogP contribution in [-0.2, 0) is 4.79 Å². The second-order valence-corrected chi connectivity index (χ2v) is 3.98. The zero-order valence-corrected chi connectivity index (χ0v) is 9.10. The Labute approximate surface area is 93.7 Å². The summed E-state index contributed by atoms with van der Waals surface area (Å²) in [6.45, 7) is 1.78. The number of nitrogens with zero attached hydrogens (tertiary/aromatic N) is 2. The molecule has 1 amide bonds. The molecule has 0 aromatic carbocycles. The molecule has 1 atom stereocenters. The predicted molar refractivity (Wildman–Crippen MR) is 60.7 cm³/mol. The SMILES string of the molecule is CC(Nc1cncc(N)n1)C(=O)NC1CC1. The number of amides is 1. The number of carbonyl (C=O) groups is 1. The van der Waals surface area contributed by atoms with Gasteiger partial charge in [-0.3, -0.25) is 9.78 Å². The largest absolute Gasteiger partial charge is 0.382 e. The summed E-state index contributed by atoms with van der Waals surface area (Å²) < 4.78 is 0. The number of anilines is 2. The minimum Gasteiger partial charge on any atom is -0.382 e. The molecule has 1 saturated carbocycles. The van der Waals surface area contributed by atoms with Crippen molar-refractivity contribution in [3.8, 4) is 0 Å².